The van der Waals surface area contributed by atoms with Crippen molar-refractivity contribution in [3.63, 3.8) is 0 Å². The summed E-state index contributed by atoms with van der Waals surface area (Å²) in [5, 5.41) is 4.46. The number of aromatic nitrogens is 3. The molecule has 0 aliphatic rings. The zero-order chi connectivity index (χ0) is 12.3. The lowest BCUT2D eigenvalue weighted by Crippen LogP contribution is -2.07. The highest BCUT2D eigenvalue weighted by Gasteiger charge is 2.00. The lowest BCUT2D eigenvalue weighted by atomic mass is 10.4. The van der Waals surface area contributed by atoms with Crippen molar-refractivity contribution in [2.75, 3.05) is 11.9 Å². The molecule has 90 valence electrons. The SMILES string of the molecule is Cc1cc(NCCc2ncc(C)s2)nc(C)n1. The Bertz CT molecular complexity index is 487. The largest absolute Gasteiger partial charge is 0.370 e. The number of hydrogen-bond acceptors (Lipinski definition) is 5. The fourth-order valence-corrected chi connectivity index (χ4v) is 2.41. The fraction of sp³-hybridized carbons (Fsp3) is 0.417. The lowest BCUT2D eigenvalue weighted by Gasteiger charge is -2.05. The molecular formula is C12H16N4S. The number of nitrogens with one attached hydrogen (secondary N) is 1. The van der Waals surface area contributed by atoms with Gasteiger partial charge < -0.3 is 5.32 Å². The molecule has 17 heavy (non-hydrogen) atoms. The molecule has 0 bridgehead atoms. The highest BCUT2D eigenvalue weighted by molar-refractivity contribution is 7.11. The van der Waals surface area contributed by atoms with E-state index in [-0.39, 0.29) is 0 Å². The van der Waals surface area contributed by atoms with Crippen molar-refractivity contribution in [2.45, 2.75) is 27.2 Å². The van der Waals surface area contributed by atoms with E-state index in [2.05, 4.69) is 27.2 Å². The van der Waals surface area contributed by atoms with Gasteiger partial charge in [0.25, 0.3) is 0 Å². The highest BCUT2D eigenvalue weighted by atomic mass is 32.1. The molecule has 0 saturated carbocycles. The Morgan fingerprint density at radius 3 is 2.71 bits per heavy atom. The van der Waals surface area contributed by atoms with Gasteiger partial charge in [0.1, 0.15) is 11.6 Å². The van der Waals surface area contributed by atoms with E-state index in [0.29, 0.717) is 0 Å². The highest BCUT2D eigenvalue weighted by Crippen LogP contribution is 2.12. The molecule has 2 aromatic rings. The normalized spacial score (nSPS) is 10.5. The van der Waals surface area contributed by atoms with Gasteiger partial charge >= 0.3 is 0 Å². The molecule has 0 unspecified atom stereocenters. The van der Waals surface area contributed by atoms with Gasteiger partial charge in [-0.1, -0.05) is 0 Å². The zero-order valence-corrected chi connectivity index (χ0v) is 11.1. The standard InChI is InChI=1S/C12H16N4S/c1-8-6-11(16-10(3)15-8)13-5-4-12-14-7-9(2)17-12/h6-7H,4-5H2,1-3H3,(H,13,15,16). The number of nitrogens with zero attached hydrogens (tertiary/aromatic N) is 3. The van der Waals surface area contributed by atoms with Crippen LogP contribution in [0, 0.1) is 20.8 Å². The van der Waals surface area contributed by atoms with Crippen LogP contribution in [-0.2, 0) is 6.42 Å². The molecule has 2 aromatic heterocycles. The lowest BCUT2D eigenvalue weighted by molar-refractivity contribution is 0.958. The molecule has 0 aliphatic carbocycles. The minimum Gasteiger partial charge on any atom is -0.370 e. The Morgan fingerprint density at radius 1 is 1.24 bits per heavy atom. The zero-order valence-electron chi connectivity index (χ0n) is 10.3. The van der Waals surface area contributed by atoms with Crippen LogP contribution in [0.1, 0.15) is 21.4 Å². The van der Waals surface area contributed by atoms with Gasteiger partial charge in [-0.3, -0.25) is 0 Å². The molecule has 0 atom stereocenters. The Hall–Kier alpha value is -1.49. The molecule has 1 N–H and O–H groups in total. The number of thiazole rings is 1. The summed E-state index contributed by atoms with van der Waals surface area (Å²) in [5.41, 5.74) is 0.991. The van der Waals surface area contributed by atoms with E-state index in [0.717, 1.165) is 35.3 Å². The molecule has 4 nitrogen and oxygen atoms in total. The van der Waals surface area contributed by atoms with Gasteiger partial charge in [-0.25, -0.2) is 15.0 Å². The van der Waals surface area contributed by atoms with Gasteiger partial charge in [0.2, 0.25) is 0 Å². The van der Waals surface area contributed by atoms with Crippen molar-refractivity contribution < 1.29 is 0 Å². The summed E-state index contributed by atoms with van der Waals surface area (Å²) in [6.07, 6.45) is 2.85. The first-order chi connectivity index (χ1) is 8.13. The van der Waals surface area contributed by atoms with E-state index in [9.17, 15) is 0 Å². The van der Waals surface area contributed by atoms with Gasteiger partial charge in [0.05, 0.1) is 5.01 Å². The van der Waals surface area contributed by atoms with Crippen LogP contribution in [0.25, 0.3) is 0 Å². The van der Waals surface area contributed by atoms with Crippen LogP contribution in [0.2, 0.25) is 0 Å². The van der Waals surface area contributed by atoms with Gasteiger partial charge in [-0.05, 0) is 20.8 Å². The molecule has 0 amide bonds. The first-order valence-electron chi connectivity index (χ1n) is 5.61. The summed E-state index contributed by atoms with van der Waals surface area (Å²) < 4.78 is 0. The maximum atomic E-state index is 4.33. The van der Waals surface area contributed by atoms with Crippen LogP contribution >= 0.6 is 11.3 Å². The first-order valence-corrected chi connectivity index (χ1v) is 6.42. The van der Waals surface area contributed by atoms with Crippen LogP contribution in [-0.4, -0.2) is 21.5 Å². The maximum absolute atomic E-state index is 4.33. The molecule has 0 aliphatic heterocycles. The average molecular weight is 248 g/mol. The Labute approximate surface area is 105 Å². The van der Waals surface area contributed by atoms with Gasteiger partial charge in [0, 0.05) is 35.8 Å². The third-order valence-corrected chi connectivity index (χ3v) is 3.25. The van der Waals surface area contributed by atoms with Crippen molar-refractivity contribution in [1.29, 1.82) is 0 Å². The van der Waals surface area contributed by atoms with Gasteiger partial charge in [-0.2, -0.15) is 0 Å². The smallest absolute Gasteiger partial charge is 0.129 e. The van der Waals surface area contributed by atoms with Crippen LogP contribution in [0.3, 0.4) is 0 Å². The summed E-state index contributed by atoms with van der Waals surface area (Å²) in [6, 6.07) is 1.96. The van der Waals surface area contributed by atoms with Crippen LogP contribution in [0.15, 0.2) is 12.3 Å². The molecule has 2 heterocycles. The van der Waals surface area contributed by atoms with Crippen LogP contribution in [0.4, 0.5) is 5.82 Å². The Morgan fingerprint density at radius 2 is 2.06 bits per heavy atom. The summed E-state index contributed by atoms with van der Waals surface area (Å²) >= 11 is 1.75. The number of aryl methyl sites for hydroxylation is 3. The monoisotopic (exact) mass is 248 g/mol. The number of rotatable bonds is 4. The first kappa shape index (κ1) is 12.0. The molecule has 5 heteroatoms. The van der Waals surface area contributed by atoms with Crippen LogP contribution < -0.4 is 5.32 Å². The minimum atomic E-state index is 0.803. The molecule has 2 rings (SSSR count). The van der Waals surface area contributed by atoms with E-state index in [1.165, 1.54) is 4.88 Å². The molecule has 0 fully saturated rings. The fourth-order valence-electron chi connectivity index (χ4n) is 1.62. The third-order valence-electron chi connectivity index (χ3n) is 2.28. The second kappa shape index (κ2) is 5.23. The van der Waals surface area contributed by atoms with E-state index < -0.39 is 0 Å². The quantitative estimate of drug-likeness (QED) is 0.903. The molecule has 0 saturated heterocycles. The topological polar surface area (TPSA) is 50.7 Å². The van der Waals surface area contributed by atoms with E-state index in [1.54, 1.807) is 11.3 Å². The summed E-state index contributed by atoms with van der Waals surface area (Å²) in [7, 11) is 0. The van der Waals surface area contributed by atoms with Crippen LogP contribution in [0.5, 0.6) is 0 Å². The Kier molecular flexibility index (Phi) is 3.68. The van der Waals surface area contributed by atoms with E-state index >= 15 is 0 Å². The Balaban J connectivity index is 1.89. The van der Waals surface area contributed by atoms with Crippen molar-refractivity contribution in [3.05, 3.63) is 33.7 Å². The summed E-state index contributed by atoms with van der Waals surface area (Å²) in [5.74, 6) is 1.70. The van der Waals surface area contributed by atoms with Gasteiger partial charge in [-0.15, -0.1) is 11.3 Å². The maximum Gasteiger partial charge on any atom is 0.129 e. The average Bonchev–Trinajstić information content (AvgIpc) is 2.63. The van der Waals surface area contributed by atoms with Crippen molar-refractivity contribution in [1.82, 2.24) is 15.0 Å². The molecule has 0 spiro atoms. The molecule has 0 radical (unpaired) electrons. The summed E-state index contributed by atoms with van der Waals surface area (Å²) in [4.78, 5) is 14.2. The second-order valence-electron chi connectivity index (χ2n) is 3.98. The predicted octanol–water partition coefficient (Wildman–Crippen LogP) is 2.51. The predicted molar refractivity (Wildman–Crippen MR) is 70.6 cm³/mol. The van der Waals surface area contributed by atoms with Gasteiger partial charge in [0.15, 0.2) is 0 Å². The third kappa shape index (κ3) is 3.49. The molecular weight excluding hydrogens is 232 g/mol. The number of hydrogen-bond donors (Lipinski definition) is 1. The molecule has 0 aromatic carbocycles. The van der Waals surface area contributed by atoms with E-state index in [1.807, 2.05) is 26.1 Å². The second-order valence-corrected chi connectivity index (χ2v) is 5.30. The minimum absolute atomic E-state index is 0.803. The van der Waals surface area contributed by atoms with Crippen molar-refractivity contribution in [3.8, 4) is 0 Å². The van der Waals surface area contributed by atoms with Crippen molar-refractivity contribution in [2.24, 2.45) is 0 Å². The summed E-state index contributed by atoms with van der Waals surface area (Å²) in [6.45, 7) is 6.81. The number of anilines is 1. The van der Waals surface area contributed by atoms with E-state index in [4.69, 9.17) is 0 Å². The van der Waals surface area contributed by atoms with Crippen molar-refractivity contribution >= 4 is 17.2 Å².